The number of halogens is 1. The van der Waals surface area contributed by atoms with Gasteiger partial charge in [0, 0.05) is 65.2 Å². The molecule has 10 heteroatoms. The second-order valence-electron chi connectivity index (χ2n) is 12.9. The Morgan fingerprint density at radius 2 is 1.97 bits per heavy atom. The maximum atomic E-state index is 13.7. The van der Waals surface area contributed by atoms with Gasteiger partial charge in [0.2, 0.25) is 5.91 Å². The molecule has 4 N–H and O–H groups in total. The second kappa shape index (κ2) is 16.9. The van der Waals surface area contributed by atoms with E-state index in [1.54, 1.807) is 7.11 Å². The summed E-state index contributed by atoms with van der Waals surface area (Å²) in [6.07, 6.45) is 2.50. The molecule has 2 saturated heterocycles. The number of aliphatic hydroxyl groups is 1. The Bertz CT molecular complexity index is 726. The zero-order valence-electron chi connectivity index (χ0n) is 25.6. The normalized spacial score (nSPS) is 24.0. The number of hydrogen-bond donors (Lipinski definition) is 4. The zero-order chi connectivity index (χ0) is 29.0. The molecule has 0 aromatic rings. The van der Waals surface area contributed by atoms with Gasteiger partial charge in [0.25, 0.3) is 0 Å². The van der Waals surface area contributed by atoms with Gasteiger partial charge in [-0.2, -0.15) is 0 Å². The predicted octanol–water partition coefficient (Wildman–Crippen LogP) is 2.11. The average Bonchev–Trinajstić information content (AvgIpc) is 2.89. The van der Waals surface area contributed by atoms with Crippen LogP contribution in [0.5, 0.6) is 0 Å². The van der Waals surface area contributed by atoms with Gasteiger partial charge in [0.15, 0.2) is 0 Å². The number of aliphatic imine (C=N–C) groups is 1. The van der Waals surface area contributed by atoms with Gasteiger partial charge in [0.05, 0.1) is 18.0 Å². The van der Waals surface area contributed by atoms with Crippen LogP contribution in [0.2, 0.25) is 0 Å². The molecular formula is C29H57FN6O3. The monoisotopic (exact) mass is 556 g/mol. The Balaban J connectivity index is 2.23. The first-order valence-electron chi connectivity index (χ1n) is 14.9. The standard InChI is InChI=1S/C29H57FN6O3/c1-21(2)19-36(24-15-22(16-32-17-24)27(37)35-12-9-23(30)10-13-35)28(38)25(18-33-20-29(3,4)5)26(31-6)34-11-8-14-39-7/h18,21-26,28,31-32,34,38H,8-17,19-20H2,1-7H3/t22-,24+,25?,26?,28?/m1/s1. The summed E-state index contributed by atoms with van der Waals surface area (Å²) in [7, 11) is 3.60. The molecule has 0 aliphatic carbocycles. The molecule has 2 aliphatic heterocycles. The molecule has 0 radical (unpaired) electrons. The van der Waals surface area contributed by atoms with Gasteiger partial charge in [-0.3, -0.25) is 14.7 Å². The van der Waals surface area contributed by atoms with E-state index in [4.69, 9.17) is 9.73 Å². The fourth-order valence-electron chi connectivity index (χ4n) is 5.49. The number of ether oxygens (including phenoxy) is 1. The lowest BCUT2D eigenvalue weighted by molar-refractivity contribution is -0.139. The molecule has 2 aliphatic rings. The van der Waals surface area contributed by atoms with E-state index in [0.29, 0.717) is 71.1 Å². The zero-order valence-corrected chi connectivity index (χ0v) is 25.6. The molecule has 9 nitrogen and oxygen atoms in total. The van der Waals surface area contributed by atoms with Crippen LogP contribution in [-0.2, 0) is 9.53 Å². The number of methoxy groups -OCH3 is 1. The third-order valence-corrected chi connectivity index (χ3v) is 7.57. The van der Waals surface area contributed by atoms with E-state index in [1.807, 2.05) is 18.2 Å². The Morgan fingerprint density at radius 1 is 1.28 bits per heavy atom. The molecule has 0 bridgehead atoms. The van der Waals surface area contributed by atoms with Crippen molar-refractivity contribution in [3.63, 3.8) is 0 Å². The first kappa shape index (κ1) is 34.0. The van der Waals surface area contributed by atoms with Crippen LogP contribution >= 0.6 is 0 Å². The number of carbonyl (C=O) groups excluding carboxylic acids is 1. The lowest BCUT2D eigenvalue weighted by Crippen LogP contribution is -2.61. The lowest BCUT2D eigenvalue weighted by Gasteiger charge is -2.44. The van der Waals surface area contributed by atoms with Gasteiger partial charge in [-0.25, -0.2) is 4.39 Å². The minimum Gasteiger partial charge on any atom is -0.385 e. The molecule has 228 valence electrons. The summed E-state index contributed by atoms with van der Waals surface area (Å²) in [5.41, 5.74) is 0.0438. The summed E-state index contributed by atoms with van der Waals surface area (Å²) in [4.78, 5) is 22.1. The third-order valence-electron chi connectivity index (χ3n) is 7.57. The number of nitrogens with one attached hydrogen (secondary N) is 3. The number of nitrogens with zero attached hydrogens (tertiary/aromatic N) is 3. The second-order valence-corrected chi connectivity index (χ2v) is 12.9. The van der Waals surface area contributed by atoms with E-state index < -0.39 is 12.4 Å². The molecule has 0 aromatic heterocycles. The maximum Gasteiger partial charge on any atom is 0.227 e. The highest BCUT2D eigenvalue weighted by molar-refractivity contribution is 5.79. The highest BCUT2D eigenvalue weighted by atomic mass is 19.1. The number of likely N-dealkylation sites (tertiary alicyclic amines) is 1. The van der Waals surface area contributed by atoms with Crippen molar-refractivity contribution in [1.29, 1.82) is 0 Å². The van der Waals surface area contributed by atoms with Gasteiger partial charge >= 0.3 is 0 Å². The van der Waals surface area contributed by atoms with Crippen LogP contribution < -0.4 is 16.0 Å². The minimum absolute atomic E-state index is 0.00618. The molecule has 0 aromatic carbocycles. The molecule has 3 unspecified atom stereocenters. The van der Waals surface area contributed by atoms with E-state index in [0.717, 1.165) is 13.0 Å². The van der Waals surface area contributed by atoms with Gasteiger partial charge in [-0.15, -0.1) is 0 Å². The summed E-state index contributed by atoms with van der Waals surface area (Å²) in [6.45, 7) is 15.8. The molecule has 2 rings (SSSR count). The lowest BCUT2D eigenvalue weighted by atomic mass is 9.90. The van der Waals surface area contributed by atoms with Crippen LogP contribution in [0.15, 0.2) is 4.99 Å². The Kier molecular flexibility index (Phi) is 14.8. The number of rotatable bonds is 15. The van der Waals surface area contributed by atoms with Crippen molar-refractivity contribution in [2.24, 2.45) is 28.2 Å². The quantitative estimate of drug-likeness (QED) is 0.139. The number of alkyl halides is 1. The van der Waals surface area contributed by atoms with Gasteiger partial charge < -0.3 is 30.7 Å². The number of carbonyl (C=O) groups is 1. The Labute approximate surface area is 236 Å². The van der Waals surface area contributed by atoms with Gasteiger partial charge in [-0.1, -0.05) is 34.6 Å². The van der Waals surface area contributed by atoms with E-state index in [1.165, 1.54) is 0 Å². The van der Waals surface area contributed by atoms with E-state index in [9.17, 15) is 14.3 Å². The minimum atomic E-state index is -0.803. The third kappa shape index (κ3) is 11.7. The van der Waals surface area contributed by atoms with Crippen molar-refractivity contribution < 1.29 is 19.0 Å². The first-order valence-corrected chi connectivity index (χ1v) is 14.9. The number of amides is 1. The van der Waals surface area contributed by atoms with Crippen LogP contribution in [-0.4, -0.2) is 118 Å². The fourth-order valence-corrected chi connectivity index (χ4v) is 5.49. The van der Waals surface area contributed by atoms with Crippen molar-refractivity contribution in [2.45, 2.75) is 84.9 Å². The van der Waals surface area contributed by atoms with Crippen molar-refractivity contribution >= 4 is 12.1 Å². The number of hydrogen-bond acceptors (Lipinski definition) is 8. The van der Waals surface area contributed by atoms with Crippen LogP contribution in [0.3, 0.4) is 0 Å². The van der Waals surface area contributed by atoms with Gasteiger partial charge in [0.1, 0.15) is 12.4 Å². The van der Waals surface area contributed by atoms with E-state index in [-0.39, 0.29) is 35.4 Å². The summed E-state index contributed by atoms with van der Waals surface area (Å²) in [5.74, 6) is -0.0520. The molecule has 1 amide bonds. The molecule has 5 atom stereocenters. The van der Waals surface area contributed by atoms with Crippen LogP contribution in [0, 0.1) is 23.2 Å². The molecular weight excluding hydrogens is 499 g/mol. The molecule has 2 fully saturated rings. The Hall–Kier alpha value is -1.17. The molecule has 39 heavy (non-hydrogen) atoms. The van der Waals surface area contributed by atoms with Crippen molar-refractivity contribution in [1.82, 2.24) is 25.8 Å². The average molecular weight is 557 g/mol. The molecule has 0 saturated carbocycles. The molecule has 0 spiro atoms. The van der Waals surface area contributed by atoms with Crippen molar-refractivity contribution in [3.05, 3.63) is 0 Å². The predicted molar refractivity (Wildman–Crippen MR) is 157 cm³/mol. The SMILES string of the molecule is CNC(NCCCOC)C(C=NCC(C)(C)C)C(O)N(CC(C)C)[C@@H]1CNC[C@H](C(=O)N2CCC(F)CC2)C1. The largest absolute Gasteiger partial charge is 0.385 e. The maximum absolute atomic E-state index is 13.7. The summed E-state index contributed by atoms with van der Waals surface area (Å²) in [6, 6.07) is -0.00618. The van der Waals surface area contributed by atoms with Gasteiger partial charge in [-0.05, 0) is 50.6 Å². The summed E-state index contributed by atoms with van der Waals surface area (Å²) < 4.78 is 18.9. The molecule has 2 heterocycles. The van der Waals surface area contributed by atoms with E-state index >= 15 is 0 Å². The smallest absolute Gasteiger partial charge is 0.227 e. The van der Waals surface area contributed by atoms with Crippen LogP contribution in [0.1, 0.15) is 60.3 Å². The number of aliphatic hydroxyl groups excluding tert-OH is 1. The highest BCUT2D eigenvalue weighted by Gasteiger charge is 2.39. The summed E-state index contributed by atoms with van der Waals surface area (Å²) in [5, 5.41) is 22.3. The van der Waals surface area contributed by atoms with Crippen molar-refractivity contribution in [2.75, 3.05) is 66.6 Å². The van der Waals surface area contributed by atoms with Crippen LogP contribution in [0.25, 0.3) is 0 Å². The van der Waals surface area contributed by atoms with Crippen LogP contribution in [0.4, 0.5) is 4.39 Å². The summed E-state index contributed by atoms with van der Waals surface area (Å²) >= 11 is 0. The highest BCUT2D eigenvalue weighted by Crippen LogP contribution is 2.25. The van der Waals surface area contributed by atoms with Crippen molar-refractivity contribution in [3.8, 4) is 0 Å². The topological polar surface area (TPSA) is 101 Å². The Morgan fingerprint density at radius 3 is 2.56 bits per heavy atom. The first-order chi connectivity index (χ1) is 18.5. The number of piperidine rings is 2. The fraction of sp³-hybridized carbons (Fsp3) is 0.931. The van der Waals surface area contributed by atoms with E-state index in [2.05, 4.69) is 55.5 Å².